The van der Waals surface area contributed by atoms with Gasteiger partial charge in [-0.1, -0.05) is 12.1 Å². The van der Waals surface area contributed by atoms with Crippen LogP contribution < -0.4 is 4.90 Å². The van der Waals surface area contributed by atoms with Gasteiger partial charge in [0.05, 0.1) is 11.9 Å². The molecule has 4 heteroatoms. The highest BCUT2D eigenvalue weighted by molar-refractivity contribution is 6.28. The molecule has 1 atom stereocenters. The first-order valence-corrected chi connectivity index (χ1v) is 6.87. The standard InChI is InChI=1S/C17H16N2O2/c1-11-6-13-9-19(14-4-3-5-18-8-14)17(16(21)10-20)15(13)7-12(11)2/h3-8,10,17H,9H2,1-2H3. The van der Waals surface area contributed by atoms with Crippen molar-refractivity contribution in [1.29, 1.82) is 0 Å². The van der Waals surface area contributed by atoms with E-state index >= 15 is 0 Å². The number of carbonyl (C=O) groups excluding carboxylic acids is 2. The molecule has 0 radical (unpaired) electrons. The minimum atomic E-state index is -0.541. The zero-order valence-electron chi connectivity index (χ0n) is 12.0. The second kappa shape index (κ2) is 5.13. The van der Waals surface area contributed by atoms with Gasteiger partial charge in [0, 0.05) is 12.7 Å². The van der Waals surface area contributed by atoms with E-state index in [-0.39, 0.29) is 0 Å². The Bertz CT molecular complexity index is 710. The van der Waals surface area contributed by atoms with Gasteiger partial charge >= 0.3 is 0 Å². The number of benzene rings is 1. The molecule has 1 aliphatic rings. The summed E-state index contributed by atoms with van der Waals surface area (Å²) in [4.78, 5) is 29.2. The van der Waals surface area contributed by atoms with E-state index < -0.39 is 11.8 Å². The highest BCUT2D eigenvalue weighted by Gasteiger charge is 2.35. The second-order valence-corrected chi connectivity index (χ2v) is 5.40. The Labute approximate surface area is 123 Å². The monoisotopic (exact) mass is 280 g/mol. The summed E-state index contributed by atoms with van der Waals surface area (Å²) in [5.41, 5.74) is 5.20. The molecule has 1 aromatic carbocycles. The summed E-state index contributed by atoms with van der Waals surface area (Å²) < 4.78 is 0. The number of pyridine rings is 1. The minimum absolute atomic E-state index is 0.415. The maximum absolute atomic E-state index is 12.1. The molecule has 21 heavy (non-hydrogen) atoms. The first-order chi connectivity index (χ1) is 10.1. The smallest absolute Gasteiger partial charge is 0.222 e. The summed E-state index contributed by atoms with van der Waals surface area (Å²) in [6.45, 7) is 4.69. The molecule has 0 bridgehead atoms. The molecule has 0 aliphatic carbocycles. The molecule has 2 heterocycles. The number of hydrogen-bond acceptors (Lipinski definition) is 4. The van der Waals surface area contributed by atoms with Crippen LogP contribution in [0.25, 0.3) is 0 Å². The molecule has 0 fully saturated rings. The summed E-state index contributed by atoms with van der Waals surface area (Å²) in [6.07, 6.45) is 3.83. The van der Waals surface area contributed by atoms with Gasteiger partial charge in [0.1, 0.15) is 6.04 Å². The van der Waals surface area contributed by atoms with E-state index in [1.807, 2.05) is 30.0 Å². The van der Waals surface area contributed by atoms with E-state index in [9.17, 15) is 9.59 Å². The number of anilines is 1. The van der Waals surface area contributed by atoms with Crippen molar-refractivity contribution in [3.8, 4) is 0 Å². The highest BCUT2D eigenvalue weighted by atomic mass is 16.2. The molecule has 0 spiro atoms. The van der Waals surface area contributed by atoms with E-state index in [2.05, 4.69) is 18.0 Å². The fraction of sp³-hybridized carbons (Fsp3) is 0.235. The molecule has 0 saturated heterocycles. The summed E-state index contributed by atoms with van der Waals surface area (Å²) >= 11 is 0. The molecule has 0 N–H and O–H groups in total. The second-order valence-electron chi connectivity index (χ2n) is 5.40. The van der Waals surface area contributed by atoms with Crippen LogP contribution in [0.4, 0.5) is 5.69 Å². The van der Waals surface area contributed by atoms with Crippen molar-refractivity contribution in [3.05, 3.63) is 58.9 Å². The van der Waals surface area contributed by atoms with Crippen molar-refractivity contribution in [2.24, 2.45) is 0 Å². The Morgan fingerprint density at radius 3 is 2.76 bits per heavy atom. The van der Waals surface area contributed by atoms with Gasteiger partial charge in [0.15, 0.2) is 6.29 Å². The van der Waals surface area contributed by atoms with E-state index in [1.54, 1.807) is 12.4 Å². The molecule has 0 saturated carbocycles. The molecular formula is C17H16N2O2. The van der Waals surface area contributed by atoms with Crippen LogP contribution in [0.2, 0.25) is 0 Å². The lowest BCUT2D eigenvalue weighted by Gasteiger charge is -2.24. The normalized spacial score (nSPS) is 16.7. The number of hydrogen-bond donors (Lipinski definition) is 0. The fourth-order valence-corrected chi connectivity index (χ4v) is 2.87. The Morgan fingerprint density at radius 2 is 2.10 bits per heavy atom. The van der Waals surface area contributed by atoms with Gasteiger partial charge in [-0.15, -0.1) is 0 Å². The number of Topliss-reactive ketones (excluding diaryl/α,β-unsaturated/α-hetero) is 1. The van der Waals surface area contributed by atoms with E-state index in [0.29, 0.717) is 12.8 Å². The van der Waals surface area contributed by atoms with E-state index in [0.717, 1.165) is 22.4 Å². The largest absolute Gasteiger partial charge is 0.351 e. The molecule has 2 aromatic rings. The molecule has 106 valence electrons. The van der Waals surface area contributed by atoms with E-state index in [4.69, 9.17) is 0 Å². The number of nitrogens with zero attached hydrogens (tertiary/aromatic N) is 2. The summed E-state index contributed by atoms with van der Waals surface area (Å²) in [5.74, 6) is -0.416. The van der Waals surface area contributed by atoms with Crippen LogP contribution in [0.5, 0.6) is 0 Å². The van der Waals surface area contributed by atoms with Crippen LogP contribution in [0.3, 0.4) is 0 Å². The third-order valence-corrected chi connectivity index (χ3v) is 4.07. The predicted octanol–water partition coefficient (Wildman–Crippen LogP) is 2.53. The van der Waals surface area contributed by atoms with Gasteiger partial charge in [-0.25, -0.2) is 0 Å². The van der Waals surface area contributed by atoms with Crippen molar-refractivity contribution in [3.63, 3.8) is 0 Å². The quantitative estimate of drug-likeness (QED) is 0.640. The van der Waals surface area contributed by atoms with Crippen LogP contribution in [0.15, 0.2) is 36.7 Å². The molecule has 3 rings (SSSR count). The first kappa shape index (κ1) is 13.5. The van der Waals surface area contributed by atoms with Gasteiger partial charge in [-0.3, -0.25) is 14.6 Å². The third kappa shape index (κ3) is 2.23. The van der Waals surface area contributed by atoms with Crippen molar-refractivity contribution in [2.45, 2.75) is 26.4 Å². The first-order valence-electron chi connectivity index (χ1n) is 6.87. The van der Waals surface area contributed by atoms with Crippen LogP contribution >= 0.6 is 0 Å². The molecule has 1 aromatic heterocycles. The Hall–Kier alpha value is -2.49. The van der Waals surface area contributed by atoms with Crippen molar-refractivity contribution in [1.82, 2.24) is 4.98 Å². The Kier molecular flexibility index (Phi) is 3.29. The van der Waals surface area contributed by atoms with Crippen LogP contribution in [0, 0.1) is 13.8 Å². The molecular weight excluding hydrogens is 264 g/mol. The zero-order chi connectivity index (χ0) is 15.0. The fourth-order valence-electron chi connectivity index (χ4n) is 2.87. The molecule has 4 nitrogen and oxygen atoms in total. The Balaban J connectivity index is 2.12. The number of rotatable bonds is 3. The topological polar surface area (TPSA) is 50.3 Å². The van der Waals surface area contributed by atoms with Crippen LogP contribution in [-0.4, -0.2) is 17.1 Å². The number of carbonyl (C=O) groups is 2. The number of ketones is 1. The van der Waals surface area contributed by atoms with Crippen molar-refractivity contribution in [2.75, 3.05) is 4.90 Å². The Morgan fingerprint density at radius 1 is 1.33 bits per heavy atom. The number of aryl methyl sites for hydroxylation is 2. The third-order valence-electron chi connectivity index (χ3n) is 4.07. The lowest BCUT2D eigenvalue weighted by Crippen LogP contribution is -2.28. The average Bonchev–Trinajstić information content (AvgIpc) is 2.86. The van der Waals surface area contributed by atoms with Gasteiger partial charge in [-0.2, -0.15) is 0 Å². The lowest BCUT2D eigenvalue weighted by atomic mass is 9.96. The van der Waals surface area contributed by atoms with Gasteiger partial charge in [0.2, 0.25) is 5.78 Å². The maximum atomic E-state index is 12.1. The molecule has 0 amide bonds. The number of fused-ring (bicyclic) bond motifs is 1. The highest BCUT2D eigenvalue weighted by Crippen LogP contribution is 2.38. The summed E-state index contributed by atoms with van der Waals surface area (Å²) in [7, 11) is 0. The number of aromatic nitrogens is 1. The molecule has 1 aliphatic heterocycles. The van der Waals surface area contributed by atoms with Crippen molar-refractivity contribution < 1.29 is 9.59 Å². The van der Waals surface area contributed by atoms with Crippen molar-refractivity contribution >= 4 is 17.8 Å². The average molecular weight is 280 g/mol. The van der Waals surface area contributed by atoms with Gasteiger partial charge < -0.3 is 4.90 Å². The zero-order valence-corrected chi connectivity index (χ0v) is 12.0. The summed E-state index contributed by atoms with van der Waals surface area (Å²) in [6, 6.07) is 7.32. The minimum Gasteiger partial charge on any atom is -0.351 e. The summed E-state index contributed by atoms with van der Waals surface area (Å²) in [5, 5.41) is 0. The molecule has 1 unspecified atom stereocenters. The van der Waals surface area contributed by atoms with Crippen LogP contribution in [-0.2, 0) is 16.1 Å². The lowest BCUT2D eigenvalue weighted by molar-refractivity contribution is -0.130. The van der Waals surface area contributed by atoms with Crippen LogP contribution in [0.1, 0.15) is 28.3 Å². The maximum Gasteiger partial charge on any atom is 0.222 e. The number of aldehydes is 1. The van der Waals surface area contributed by atoms with Gasteiger partial charge in [-0.05, 0) is 48.2 Å². The SMILES string of the molecule is Cc1cc2c(cc1C)C(C(=O)C=O)N(c1cccnc1)C2. The predicted molar refractivity (Wildman–Crippen MR) is 80.1 cm³/mol. The van der Waals surface area contributed by atoms with E-state index in [1.165, 1.54) is 5.56 Å². The van der Waals surface area contributed by atoms with Gasteiger partial charge in [0.25, 0.3) is 0 Å².